The van der Waals surface area contributed by atoms with Gasteiger partial charge in [0.15, 0.2) is 0 Å². The van der Waals surface area contributed by atoms with Crippen LogP contribution < -0.4 is 5.32 Å². The van der Waals surface area contributed by atoms with E-state index in [9.17, 15) is 4.79 Å². The Morgan fingerprint density at radius 2 is 2.50 bits per heavy atom. The number of amides is 1. The zero-order valence-electron chi connectivity index (χ0n) is 9.03. The summed E-state index contributed by atoms with van der Waals surface area (Å²) in [5.41, 5.74) is 0.496. The van der Waals surface area contributed by atoms with Crippen molar-refractivity contribution in [1.82, 2.24) is 10.3 Å². The molecule has 0 radical (unpaired) electrons. The minimum absolute atomic E-state index is 0.00411. The normalized spacial score (nSPS) is 11.6. The number of carbonyl (C=O) groups is 1. The third-order valence-corrected chi connectivity index (χ3v) is 2.39. The Kier molecular flexibility index (Phi) is 4.81. The molecule has 0 saturated carbocycles. The summed E-state index contributed by atoms with van der Waals surface area (Å²) in [4.78, 5) is 15.6. The third-order valence-electron chi connectivity index (χ3n) is 2.18. The highest BCUT2D eigenvalue weighted by molar-refractivity contribution is 6.29. The summed E-state index contributed by atoms with van der Waals surface area (Å²) in [5, 5.41) is 3.15. The summed E-state index contributed by atoms with van der Waals surface area (Å²) in [7, 11) is 0. The van der Waals surface area contributed by atoms with Gasteiger partial charge < -0.3 is 5.32 Å². The van der Waals surface area contributed by atoms with Crippen molar-refractivity contribution in [2.24, 2.45) is 0 Å². The van der Waals surface area contributed by atoms with Gasteiger partial charge >= 0.3 is 0 Å². The number of nitrogens with zero attached hydrogens (tertiary/aromatic N) is 1. The number of nitrogens with one attached hydrogen (secondary N) is 1. The van der Waals surface area contributed by atoms with Crippen molar-refractivity contribution in [1.29, 1.82) is 0 Å². The molecule has 3 nitrogen and oxygen atoms in total. The van der Waals surface area contributed by atoms with Crippen molar-refractivity contribution in [3.8, 4) is 12.3 Å². The number of hydrogen-bond donors (Lipinski definition) is 1. The van der Waals surface area contributed by atoms with Crippen LogP contribution in [-0.4, -0.2) is 16.9 Å². The number of carbonyl (C=O) groups excluding carboxylic acids is 1. The molecule has 1 amide bonds. The van der Waals surface area contributed by atoms with Gasteiger partial charge in [-0.1, -0.05) is 18.5 Å². The fraction of sp³-hybridized carbons (Fsp3) is 0.333. The van der Waals surface area contributed by atoms with E-state index in [0.29, 0.717) is 17.1 Å². The average molecular weight is 237 g/mol. The summed E-state index contributed by atoms with van der Waals surface area (Å²) in [6.07, 6.45) is 8.04. The molecule has 4 heteroatoms. The number of terminal acetylenes is 1. The maximum atomic E-state index is 11.8. The van der Waals surface area contributed by atoms with E-state index in [0.717, 1.165) is 6.42 Å². The Balaban J connectivity index is 2.68. The predicted octanol–water partition coefficient (Wildman–Crippen LogP) is 2.27. The Labute approximate surface area is 100 Å². The van der Waals surface area contributed by atoms with E-state index in [1.54, 1.807) is 6.07 Å². The van der Waals surface area contributed by atoms with Gasteiger partial charge in [-0.3, -0.25) is 4.79 Å². The zero-order valence-corrected chi connectivity index (χ0v) is 9.79. The van der Waals surface area contributed by atoms with Crippen LogP contribution in [0.2, 0.25) is 5.15 Å². The van der Waals surface area contributed by atoms with Crippen LogP contribution >= 0.6 is 11.6 Å². The second kappa shape index (κ2) is 6.14. The molecule has 0 fully saturated rings. The predicted molar refractivity (Wildman–Crippen MR) is 64.2 cm³/mol. The van der Waals surface area contributed by atoms with Gasteiger partial charge in [-0.25, -0.2) is 4.98 Å². The molecular formula is C12H13ClN2O. The summed E-state index contributed by atoms with van der Waals surface area (Å²) in [5.74, 6) is 2.36. The van der Waals surface area contributed by atoms with E-state index in [4.69, 9.17) is 18.0 Å². The fourth-order valence-electron chi connectivity index (χ4n) is 1.25. The van der Waals surface area contributed by atoms with Crippen LogP contribution in [-0.2, 0) is 0 Å². The molecule has 1 atom stereocenters. The van der Waals surface area contributed by atoms with Crippen LogP contribution in [0, 0.1) is 12.3 Å². The van der Waals surface area contributed by atoms with Gasteiger partial charge in [0.2, 0.25) is 0 Å². The number of rotatable bonds is 4. The Morgan fingerprint density at radius 3 is 3.06 bits per heavy atom. The molecule has 1 aromatic heterocycles. The highest BCUT2D eigenvalue weighted by atomic mass is 35.5. The van der Waals surface area contributed by atoms with Gasteiger partial charge in [-0.2, -0.15) is 0 Å². The van der Waals surface area contributed by atoms with Crippen molar-refractivity contribution >= 4 is 17.5 Å². The number of pyridine rings is 1. The quantitative estimate of drug-likeness (QED) is 0.644. The molecule has 1 N–H and O–H groups in total. The summed E-state index contributed by atoms with van der Waals surface area (Å²) < 4.78 is 0. The molecule has 0 saturated heterocycles. The summed E-state index contributed by atoms with van der Waals surface area (Å²) in [6, 6.07) is 3.15. The van der Waals surface area contributed by atoms with Crippen molar-refractivity contribution in [3.05, 3.63) is 29.0 Å². The average Bonchev–Trinajstić information content (AvgIpc) is 2.28. The van der Waals surface area contributed by atoms with Crippen LogP contribution in [0.15, 0.2) is 18.3 Å². The maximum absolute atomic E-state index is 11.8. The molecule has 0 aliphatic heterocycles. The largest absolute Gasteiger partial charge is 0.348 e. The highest BCUT2D eigenvalue weighted by Crippen LogP contribution is 2.07. The lowest BCUT2D eigenvalue weighted by atomic mass is 10.1. The molecule has 1 unspecified atom stereocenters. The number of aromatic nitrogens is 1. The first-order chi connectivity index (χ1) is 7.67. The van der Waals surface area contributed by atoms with Crippen LogP contribution in [0.1, 0.15) is 30.1 Å². The molecule has 1 rings (SSSR count). The highest BCUT2D eigenvalue weighted by Gasteiger charge is 2.11. The van der Waals surface area contributed by atoms with Gasteiger partial charge in [-0.05, 0) is 18.6 Å². The molecule has 0 bridgehead atoms. The van der Waals surface area contributed by atoms with E-state index in [2.05, 4.69) is 16.2 Å². The smallest absolute Gasteiger partial charge is 0.251 e. The second-order valence-electron chi connectivity index (χ2n) is 3.35. The lowest BCUT2D eigenvalue weighted by Crippen LogP contribution is -2.34. The van der Waals surface area contributed by atoms with Gasteiger partial charge in [0.1, 0.15) is 5.15 Å². The Bertz CT molecular complexity index is 412. The topological polar surface area (TPSA) is 42.0 Å². The first kappa shape index (κ1) is 12.5. The number of halogens is 1. The van der Waals surface area contributed by atoms with Crippen LogP contribution in [0.25, 0.3) is 0 Å². The van der Waals surface area contributed by atoms with Crippen LogP contribution in [0.4, 0.5) is 0 Å². The van der Waals surface area contributed by atoms with E-state index in [1.165, 1.54) is 12.3 Å². The maximum Gasteiger partial charge on any atom is 0.251 e. The molecule has 16 heavy (non-hydrogen) atoms. The van der Waals surface area contributed by atoms with Crippen molar-refractivity contribution in [2.45, 2.75) is 25.8 Å². The van der Waals surface area contributed by atoms with Gasteiger partial charge in [-0.15, -0.1) is 12.3 Å². The molecule has 0 aromatic carbocycles. The molecule has 1 heterocycles. The lowest BCUT2D eigenvalue weighted by molar-refractivity contribution is 0.0936. The van der Waals surface area contributed by atoms with Gasteiger partial charge in [0.05, 0.1) is 0 Å². The van der Waals surface area contributed by atoms with E-state index >= 15 is 0 Å². The first-order valence-corrected chi connectivity index (χ1v) is 5.41. The lowest BCUT2D eigenvalue weighted by Gasteiger charge is -2.14. The molecule has 84 valence electrons. The molecule has 1 aromatic rings. The van der Waals surface area contributed by atoms with Gasteiger partial charge in [0, 0.05) is 24.2 Å². The van der Waals surface area contributed by atoms with E-state index in [-0.39, 0.29) is 11.9 Å². The van der Waals surface area contributed by atoms with Crippen LogP contribution in [0.3, 0.4) is 0 Å². The van der Waals surface area contributed by atoms with Crippen molar-refractivity contribution in [3.63, 3.8) is 0 Å². The third kappa shape index (κ3) is 3.56. The van der Waals surface area contributed by atoms with Crippen LogP contribution in [0.5, 0.6) is 0 Å². The summed E-state index contributed by atoms with van der Waals surface area (Å²) >= 11 is 5.70. The molecule has 0 aliphatic carbocycles. The minimum Gasteiger partial charge on any atom is -0.348 e. The molecule has 0 aliphatic rings. The monoisotopic (exact) mass is 236 g/mol. The van der Waals surface area contributed by atoms with Gasteiger partial charge in [0.25, 0.3) is 5.91 Å². The summed E-state index contributed by atoms with van der Waals surface area (Å²) in [6.45, 7) is 1.97. The van der Waals surface area contributed by atoms with E-state index < -0.39 is 0 Å². The number of hydrogen-bond acceptors (Lipinski definition) is 2. The van der Waals surface area contributed by atoms with Crippen molar-refractivity contribution < 1.29 is 4.79 Å². The SMILES string of the molecule is C#CCC(CC)NC(=O)c1ccnc(Cl)c1. The molecule has 0 spiro atoms. The zero-order chi connectivity index (χ0) is 12.0. The fourth-order valence-corrected chi connectivity index (χ4v) is 1.43. The second-order valence-corrected chi connectivity index (χ2v) is 3.74. The molecular weight excluding hydrogens is 224 g/mol. The Hall–Kier alpha value is -1.53. The minimum atomic E-state index is -0.175. The first-order valence-electron chi connectivity index (χ1n) is 5.03. The Morgan fingerprint density at radius 1 is 1.75 bits per heavy atom. The van der Waals surface area contributed by atoms with Crippen molar-refractivity contribution in [2.75, 3.05) is 0 Å². The standard InChI is InChI=1S/C12H13ClN2O/c1-3-5-10(4-2)15-12(16)9-6-7-14-11(13)8-9/h1,6-8,10H,4-5H2,2H3,(H,15,16). The van der Waals surface area contributed by atoms with E-state index in [1.807, 2.05) is 6.92 Å².